The van der Waals surface area contributed by atoms with Gasteiger partial charge in [-0.1, -0.05) is 6.07 Å². The second-order valence-electron chi connectivity index (χ2n) is 7.62. The quantitative estimate of drug-likeness (QED) is 0.302. The molecule has 0 atom stereocenters. The Balaban J connectivity index is 1.63. The van der Waals surface area contributed by atoms with E-state index in [-0.39, 0.29) is 16.6 Å². The number of hydrogen-bond donors (Lipinski definition) is 3. The number of sulfonamides is 1. The molecule has 0 aliphatic heterocycles. The molecule has 0 aliphatic carbocycles. The van der Waals surface area contributed by atoms with E-state index < -0.39 is 49.5 Å². The highest BCUT2D eigenvalue weighted by Gasteiger charge is 2.26. The third-order valence-corrected chi connectivity index (χ3v) is 6.76. The molecule has 3 N–H and O–H groups in total. The lowest BCUT2D eigenvalue weighted by Crippen LogP contribution is -2.16. The Morgan fingerprint density at radius 3 is 2.59 bits per heavy atom. The molecule has 37 heavy (non-hydrogen) atoms. The minimum atomic E-state index is -4.64. The lowest BCUT2D eigenvalue weighted by atomic mass is 9.99. The van der Waals surface area contributed by atoms with Crippen molar-refractivity contribution in [1.82, 2.24) is 25.1 Å². The van der Waals surface area contributed by atoms with Crippen LogP contribution in [0.4, 0.5) is 18.9 Å². The average Bonchev–Trinajstić information content (AvgIpc) is 3.56. The van der Waals surface area contributed by atoms with Crippen molar-refractivity contribution in [2.45, 2.75) is 4.90 Å². The highest BCUT2D eigenvalue weighted by molar-refractivity contribution is 7.92. The molecule has 0 spiro atoms. The number of ether oxygens (including phenoxy) is 1. The van der Waals surface area contributed by atoms with Crippen LogP contribution in [0.25, 0.3) is 33.5 Å². The van der Waals surface area contributed by atoms with Gasteiger partial charge in [0, 0.05) is 35.0 Å². The molecule has 0 saturated carbocycles. The molecule has 0 bridgehead atoms. The number of aromatic nitrogens is 5. The molecule has 0 unspecified atom stereocenters. The van der Waals surface area contributed by atoms with Gasteiger partial charge in [-0.25, -0.2) is 31.6 Å². The minimum absolute atomic E-state index is 0.0524. The highest BCUT2D eigenvalue weighted by atomic mass is 32.2. The first kappa shape index (κ1) is 23.8. The SMILES string of the molecule is COc1ncc(F)cc1S(=O)(=O)Nc1cc(C#N)cc(-c2ccc3c(-c4ncc[nH]4)n[nH]c3c2F)c1F. The smallest absolute Gasteiger partial charge is 0.267 e. The van der Waals surface area contributed by atoms with Crippen LogP contribution in [0, 0.1) is 28.8 Å². The minimum Gasteiger partial charge on any atom is -0.480 e. The van der Waals surface area contributed by atoms with E-state index in [0.29, 0.717) is 23.0 Å². The van der Waals surface area contributed by atoms with Crippen LogP contribution in [0.15, 0.2) is 53.8 Å². The van der Waals surface area contributed by atoms with Gasteiger partial charge in [-0.2, -0.15) is 10.4 Å². The van der Waals surface area contributed by atoms with Crippen molar-refractivity contribution in [3.05, 3.63) is 71.9 Å². The Labute approximate surface area is 206 Å². The van der Waals surface area contributed by atoms with Crippen LogP contribution in [-0.2, 0) is 10.0 Å². The van der Waals surface area contributed by atoms with Crippen LogP contribution in [0.5, 0.6) is 5.88 Å². The molecule has 0 radical (unpaired) electrons. The molecule has 3 heterocycles. The van der Waals surface area contributed by atoms with Gasteiger partial charge in [0.2, 0.25) is 5.88 Å². The molecule has 5 aromatic rings. The van der Waals surface area contributed by atoms with Crippen LogP contribution in [0.1, 0.15) is 5.56 Å². The number of aromatic amines is 2. The van der Waals surface area contributed by atoms with E-state index >= 15 is 8.78 Å². The van der Waals surface area contributed by atoms with Crippen LogP contribution in [0.3, 0.4) is 0 Å². The van der Waals surface area contributed by atoms with Crippen molar-refractivity contribution in [2.75, 3.05) is 11.8 Å². The Bertz CT molecular complexity index is 1810. The summed E-state index contributed by atoms with van der Waals surface area (Å²) in [7, 11) is -3.51. The fourth-order valence-electron chi connectivity index (χ4n) is 3.75. The molecular weight excluding hydrogens is 511 g/mol. The lowest BCUT2D eigenvalue weighted by molar-refractivity contribution is 0.382. The summed E-state index contributed by atoms with van der Waals surface area (Å²) in [5.41, 5.74) is -1.21. The number of halogens is 3. The number of hydrogen-bond acceptors (Lipinski definition) is 7. The van der Waals surface area contributed by atoms with E-state index in [4.69, 9.17) is 4.74 Å². The summed E-state index contributed by atoms with van der Waals surface area (Å²) in [6, 6.07) is 7.19. The molecule has 5 rings (SSSR count). The maximum atomic E-state index is 15.6. The molecule has 10 nitrogen and oxygen atoms in total. The Morgan fingerprint density at radius 1 is 1.08 bits per heavy atom. The summed E-state index contributed by atoms with van der Waals surface area (Å²) in [6.45, 7) is 0. The van der Waals surface area contributed by atoms with Gasteiger partial charge < -0.3 is 9.72 Å². The summed E-state index contributed by atoms with van der Waals surface area (Å²) in [5, 5.41) is 16.4. The van der Waals surface area contributed by atoms with Crippen molar-refractivity contribution in [3.63, 3.8) is 0 Å². The van der Waals surface area contributed by atoms with Gasteiger partial charge in [0.1, 0.15) is 17.0 Å². The van der Waals surface area contributed by atoms with Crippen molar-refractivity contribution in [2.24, 2.45) is 0 Å². The van der Waals surface area contributed by atoms with E-state index in [9.17, 15) is 18.1 Å². The fraction of sp³-hybridized carbons (Fsp3) is 0.0435. The van der Waals surface area contributed by atoms with Gasteiger partial charge in [0.15, 0.2) is 22.4 Å². The van der Waals surface area contributed by atoms with Gasteiger partial charge in [-0.15, -0.1) is 0 Å². The maximum Gasteiger partial charge on any atom is 0.267 e. The van der Waals surface area contributed by atoms with E-state index in [1.807, 2.05) is 4.72 Å². The number of H-pyrrole nitrogens is 2. The predicted octanol–water partition coefficient (Wildman–Crippen LogP) is 4.11. The highest BCUT2D eigenvalue weighted by Crippen LogP contribution is 2.36. The summed E-state index contributed by atoms with van der Waals surface area (Å²) in [5.74, 6) is -3.09. The zero-order valence-corrected chi connectivity index (χ0v) is 19.5. The van der Waals surface area contributed by atoms with Crippen LogP contribution in [-0.4, -0.2) is 40.7 Å². The zero-order valence-electron chi connectivity index (χ0n) is 18.7. The Morgan fingerprint density at radius 2 is 1.89 bits per heavy atom. The third-order valence-electron chi connectivity index (χ3n) is 5.40. The molecule has 0 fully saturated rings. The zero-order chi connectivity index (χ0) is 26.3. The number of methoxy groups -OCH3 is 1. The average molecular weight is 525 g/mol. The van der Waals surface area contributed by atoms with Crippen molar-refractivity contribution < 1.29 is 26.3 Å². The number of imidazole rings is 1. The van der Waals surface area contributed by atoms with Crippen molar-refractivity contribution in [3.8, 4) is 34.6 Å². The summed E-state index contributed by atoms with van der Waals surface area (Å²) >= 11 is 0. The first-order valence-corrected chi connectivity index (χ1v) is 11.8. The summed E-state index contributed by atoms with van der Waals surface area (Å²) < 4.78 is 77.6. The number of nitrogens with one attached hydrogen (secondary N) is 3. The van der Waals surface area contributed by atoms with Gasteiger partial charge >= 0.3 is 0 Å². The number of benzene rings is 2. The molecular formula is C23H14F3N7O3S. The van der Waals surface area contributed by atoms with Gasteiger partial charge in [0.25, 0.3) is 10.0 Å². The largest absolute Gasteiger partial charge is 0.480 e. The Kier molecular flexibility index (Phi) is 5.76. The fourth-order valence-corrected chi connectivity index (χ4v) is 4.93. The first-order valence-electron chi connectivity index (χ1n) is 10.4. The summed E-state index contributed by atoms with van der Waals surface area (Å²) in [6.07, 6.45) is 3.82. The molecule has 186 valence electrons. The number of pyridine rings is 1. The van der Waals surface area contributed by atoms with Gasteiger partial charge in [0.05, 0.1) is 30.6 Å². The third kappa shape index (κ3) is 4.10. The lowest BCUT2D eigenvalue weighted by Gasteiger charge is -2.14. The number of nitriles is 1. The molecule has 0 amide bonds. The molecule has 3 aromatic heterocycles. The second-order valence-corrected chi connectivity index (χ2v) is 9.27. The van der Waals surface area contributed by atoms with E-state index in [1.54, 1.807) is 12.3 Å². The molecule has 14 heteroatoms. The van der Waals surface area contributed by atoms with E-state index in [0.717, 1.165) is 25.4 Å². The molecule has 2 aromatic carbocycles. The normalized spacial score (nSPS) is 11.4. The monoisotopic (exact) mass is 525 g/mol. The summed E-state index contributed by atoms with van der Waals surface area (Å²) in [4.78, 5) is 9.81. The number of fused-ring (bicyclic) bond motifs is 1. The number of nitrogens with zero attached hydrogens (tertiary/aromatic N) is 4. The molecule has 0 aliphatic rings. The number of anilines is 1. The van der Waals surface area contributed by atoms with Crippen LogP contribution in [0.2, 0.25) is 0 Å². The number of rotatable bonds is 6. The standard InChI is InChI=1S/C23H14F3N7O3S/c1-36-23-17(8-12(24)10-30-23)37(34,35)33-16-7-11(9-27)6-15(18(16)25)13-2-3-14-20(19(13)26)31-32-21(14)22-28-4-5-29-22/h2-8,10,33H,1H3,(H,28,29)(H,31,32). The Hall–Kier alpha value is -4.90. The van der Waals surface area contributed by atoms with Gasteiger partial charge in [-0.3, -0.25) is 9.82 Å². The maximum absolute atomic E-state index is 15.6. The predicted molar refractivity (Wildman–Crippen MR) is 125 cm³/mol. The second kappa shape index (κ2) is 8.95. The van der Waals surface area contributed by atoms with E-state index in [2.05, 4.69) is 25.1 Å². The van der Waals surface area contributed by atoms with E-state index in [1.165, 1.54) is 18.3 Å². The van der Waals surface area contributed by atoms with Crippen molar-refractivity contribution in [1.29, 1.82) is 5.26 Å². The molecule has 0 saturated heterocycles. The van der Waals surface area contributed by atoms with Crippen molar-refractivity contribution >= 4 is 26.6 Å². The topological polar surface area (TPSA) is 149 Å². The van der Waals surface area contributed by atoms with Gasteiger partial charge in [-0.05, 0) is 18.2 Å². The first-order chi connectivity index (χ1) is 17.7. The van der Waals surface area contributed by atoms with Crippen LogP contribution >= 0.6 is 0 Å². The van der Waals surface area contributed by atoms with Crippen LogP contribution < -0.4 is 9.46 Å².